The second-order valence-electron chi connectivity index (χ2n) is 4.42. The van der Waals surface area contributed by atoms with Crippen molar-refractivity contribution in [2.75, 3.05) is 0 Å². The van der Waals surface area contributed by atoms with Crippen molar-refractivity contribution in [2.24, 2.45) is 0 Å². The van der Waals surface area contributed by atoms with Gasteiger partial charge in [0.2, 0.25) is 0 Å². The normalized spacial score (nSPS) is 20.0. The SMILES string of the molecule is CC[Si](Cl)(Cl)C[Si](Cl)(Cl)Cl.Cl[Si]1(Cl)CCCCC1. The maximum absolute atomic E-state index is 5.98. The van der Waals surface area contributed by atoms with Gasteiger partial charge < -0.3 is 0 Å². The van der Waals surface area contributed by atoms with Gasteiger partial charge >= 0.3 is 6.00 Å². The molecule has 0 aliphatic carbocycles. The first-order valence-electron chi connectivity index (χ1n) is 5.80. The van der Waals surface area contributed by atoms with Gasteiger partial charge in [0, 0.05) is 5.67 Å². The van der Waals surface area contributed by atoms with E-state index in [-0.39, 0.29) is 0 Å². The molecule has 0 aromatic heterocycles. The van der Waals surface area contributed by atoms with Crippen LogP contribution in [0.1, 0.15) is 26.2 Å². The van der Waals surface area contributed by atoms with Crippen LogP contribution in [-0.4, -0.2) is 19.4 Å². The van der Waals surface area contributed by atoms with E-state index in [0.717, 1.165) is 18.1 Å². The summed E-state index contributed by atoms with van der Waals surface area (Å²) in [6.07, 6.45) is 3.87. The zero-order valence-electron chi connectivity index (χ0n) is 10.1. The number of hydrogen-bond acceptors (Lipinski definition) is 0. The molecule has 0 aromatic carbocycles. The van der Waals surface area contributed by atoms with Crippen LogP contribution >= 0.6 is 77.6 Å². The van der Waals surface area contributed by atoms with Crippen molar-refractivity contribution in [3.8, 4) is 0 Å². The third-order valence-corrected chi connectivity index (χ3v) is 19.3. The van der Waals surface area contributed by atoms with Crippen LogP contribution in [0.3, 0.4) is 0 Å². The molecule has 0 unspecified atom stereocenters. The minimum atomic E-state index is -2.60. The van der Waals surface area contributed by atoms with Crippen LogP contribution in [0, 0.1) is 0 Å². The van der Waals surface area contributed by atoms with Crippen LogP contribution in [0.15, 0.2) is 0 Å². The molecule has 0 atom stereocenters. The zero-order chi connectivity index (χ0) is 14.4. The average Bonchev–Trinajstić information content (AvgIpc) is 2.14. The first-order chi connectivity index (χ1) is 7.97. The van der Waals surface area contributed by atoms with Crippen molar-refractivity contribution in [2.45, 2.75) is 50.0 Å². The zero-order valence-corrected chi connectivity index (χ0v) is 18.4. The van der Waals surface area contributed by atoms with E-state index < -0.39 is 19.4 Å². The van der Waals surface area contributed by atoms with E-state index in [1.54, 1.807) is 0 Å². The molecule has 0 saturated carbocycles. The topological polar surface area (TPSA) is 0 Å². The van der Waals surface area contributed by atoms with Crippen molar-refractivity contribution in [1.82, 2.24) is 0 Å². The highest BCUT2D eigenvalue weighted by Gasteiger charge is 2.39. The third-order valence-electron chi connectivity index (χ3n) is 2.56. The minimum absolute atomic E-state index is 0.421. The second-order valence-corrected chi connectivity index (χ2v) is 29.6. The van der Waals surface area contributed by atoms with E-state index in [4.69, 9.17) is 77.6 Å². The largest absolute Gasteiger partial charge is 0.341 e. The van der Waals surface area contributed by atoms with Gasteiger partial charge in [-0.3, -0.25) is 0 Å². The van der Waals surface area contributed by atoms with Gasteiger partial charge in [-0.25, -0.2) is 0 Å². The summed E-state index contributed by atoms with van der Waals surface area (Å²) < 4.78 is 0. The van der Waals surface area contributed by atoms with Crippen LogP contribution in [0.4, 0.5) is 0 Å². The molecule has 1 rings (SSSR count). The number of rotatable bonds is 3. The molecular formula is C8H17Cl7Si3. The van der Waals surface area contributed by atoms with Crippen molar-refractivity contribution >= 4 is 96.9 Å². The van der Waals surface area contributed by atoms with Crippen molar-refractivity contribution in [3.63, 3.8) is 0 Å². The van der Waals surface area contributed by atoms with Gasteiger partial charge in [-0.15, -0.1) is 77.6 Å². The summed E-state index contributed by atoms with van der Waals surface area (Å²) in [7, 11) is 0. The van der Waals surface area contributed by atoms with Gasteiger partial charge in [0.1, 0.15) is 0 Å². The Labute approximate surface area is 145 Å². The Hall–Kier alpha value is 2.68. The Morgan fingerprint density at radius 1 is 0.889 bits per heavy atom. The summed E-state index contributed by atoms with van der Waals surface area (Å²) >= 11 is 40.6. The molecule has 1 aliphatic rings. The summed E-state index contributed by atoms with van der Waals surface area (Å²) in [5.74, 6) is 0. The monoisotopic (exact) mass is 442 g/mol. The summed E-state index contributed by atoms with van der Waals surface area (Å²) in [5.41, 5.74) is 0.421. The molecule has 0 nitrogen and oxygen atoms in total. The first kappa shape index (κ1) is 20.7. The molecule has 0 spiro atoms. The molecule has 0 aromatic rings. The fourth-order valence-electron chi connectivity index (χ4n) is 1.49. The molecule has 110 valence electrons. The minimum Gasteiger partial charge on any atom is -0.146 e. The fraction of sp³-hybridized carbons (Fsp3) is 1.00. The highest BCUT2D eigenvalue weighted by Crippen LogP contribution is 2.36. The predicted octanol–water partition coefficient (Wildman–Crippen LogP) is 7.21. The third kappa shape index (κ3) is 12.4. The van der Waals surface area contributed by atoms with Crippen LogP contribution in [0.2, 0.25) is 23.8 Å². The summed E-state index contributed by atoms with van der Waals surface area (Å²) in [5, 5.41) is 0. The Bertz CT molecular complexity index is 233. The highest BCUT2D eigenvalue weighted by atomic mass is 35.8. The molecule has 1 heterocycles. The smallest absolute Gasteiger partial charge is 0.146 e. The lowest BCUT2D eigenvalue weighted by Crippen LogP contribution is -2.27. The molecule has 0 amide bonds. The number of halogens is 7. The van der Waals surface area contributed by atoms with Crippen LogP contribution < -0.4 is 0 Å². The predicted molar refractivity (Wildman–Crippen MR) is 97.0 cm³/mol. The van der Waals surface area contributed by atoms with E-state index in [2.05, 4.69) is 0 Å². The summed E-state index contributed by atoms with van der Waals surface area (Å²) in [6, 6.07) is 0.376. The molecule has 0 radical (unpaired) electrons. The lowest BCUT2D eigenvalue weighted by atomic mass is 10.3. The van der Waals surface area contributed by atoms with E-state index in [1.165, 1.54) is 19.3 Å². The molecule has 1 aliphatic heterocycles. The first-order valence-corrected chi connectivity index (χ1v) is 19.9. The molecular weight excluding hydrogens is 429 g/mol. The van der Waals surface area contributed by atoms with Gasteiger partial charge in [0.15, 0.2) is 0 Å². The second kappa shape index (κ2) is 8.96. The van der Waals surface area contributed by atoms with E-state index >= 15 is 0 Å². The van der Waals surface area contributed by atoms with Crippen molar-refractivity contribution in [1.29, 1.82) is 0 Å². The molecule has 10 heteroatoms. The van der Waals surface area contributed by atoms with Crippen LogP contribution in [-0.2, 0) is 0 Å². The Balaban J connectivity index is 0.000000327. The van der Waals surface area contributed by atoms with Gasteiger partial charge in [0.25, 0.3) is 13.4 Å². The van der Waals surface area contributed by atoms with E-state index in [1.807, 2.05) is 6.92 Å². The Morgan fingerprint density at radius 2 is 1.33 bits per heavy atom. The Morgan fingerprint density at radius 3 is 1.50 bits per heavy atom. The lowest BCUT2D eigenvalue weighted by Gasteiger charge is -2.20. The van der Waals surface area contributed by atoms with Gasteiger partial charge in [0.05, 0.1) is 0 Å². The maximum Gasteiger partial charge on any atom is 0.341 e. The summed E-state index contributed by atoms with van der Waals surface area (Å²) in [4.78, 5) is 0. The van der Waals surface area contributed by atoms with Crippen LogP contribution in [0.5, 0.6) is 0 Å². The summed E-state index contributed by atoms with van der Waals surface area (Å²) in [6.45, 7) is -1.93. The van der Waals surface area contributed by atoms with E-state index in [0.29, 0.717) is 5.67 Å². The standard InChI is InChI=1S/C5H10Cl2Si.C3H7Cl5Si2/c6-8(7)4-2-1-3-5-8;1-2-9(4,5)3-10(6,7)8/h1-5H2;2-3H2,1H3. The lowest BCUT2D eigenvalue weighted by molar-refractivity contribution is 0.727. The highest BCUT2D eigenvalue weighted by molar-refractivity contribution is 7.69. The average molecular weight is 446 g/mol. The van der Waals surface area contributed by atoms with Crippen molar-refractivity contribution < 1.29 is 0 Å². The molecule has 18 heavy (non-hydrogen) atoms. The van der Waals surface area contributed by atoms with Gasteiger partial charge in [-0.1, -0.05) is 26.2 Å². The number of hydrogen-bond donors (Lipinski definition) is 0. The maximum atomic E-state index is 5.98. The Kier molecular flexibility index (Phi) is 10.3. The molecule has 0 N–H and O–H groups in total. The van der Waals surface area contributed by atoms with Gasteiger partial charge in [-0.2, -0.15) is 0 Å². The fourth-order valence-corrected chi connectivity index (χ4v) is 21.7. The van der Waals surface area contributed by atoms with Gasteiger partial charge in [-0.05, 0) is 18.1 Å². The van der Waals surface area contributed by atoms with Crippen LogP contribution in [0.25, 0.3) is 0 Å². The van der Waals surface area contributed by atoms with Crippen molar-refractivity contribution in [3.05, 3.63) is 0 Å². The quantitative estimate of drug-likeness (QED) is 0.318. The van der Waals surface area contributed by atoms with E-state index in [9.17, 15) is 0 Å². The molecule has 1 fully saturated rings. The molecule has 1 saturated heterocycles. The molecule has 0 bridgehead atoms.